The first-order valence-electron chi connectivity index (χ1n) is 7.94. The fourth-order valence-corrected chi connectivity index (χ4v) is 2.88. The zero-order chi connectivity index (χ0) is 16.9. The van der Waals surface area contributed by atoms with Crippen LogP contribution >= 0.6 is 0 Å². The van der Waals surface area contributed by atoms with Crippen LogP contribution < -0.4 is 4.90 Å². The van der Waals surface area contributed by atoms with E-state index in [1.807, 2.05) is 12.1 Å². The van der Waals surface area contributed by atoms with E-state index in [0.29, 0.717) is 0 Å². The average molecular weight is 330 g/mol. The number of benzene rings is 1. The molecule has 2 heterocycles. The third-order valence-corrected chi connectivity index (χ3v) is 4.18. The molecule has 126 valence electrons. The standard InChI is InChI=1S/C17H19FN4O2/c18-15-4-2-14(3-5-15)13-20-8-1-9-21(11-10-20)17-7-6-16(12-19-17)22(23)24/h2-7,12H,1,8-11,13H2. The number of nitro groups is 1. The Morgan fingerprint density at radius 2 is 1.88 bits per heavy atom. The van der Waals surface area contributed by atoms with Gasteiger partial charge in [0.2, 0.25) is 0 Å². The molecule has 1 aliphatic rings. The van der Waals surface area contributed by atoms with E-state index in [2.05, 4.69) is 14.8 Å². The van der Waals surface area contributed by atoms with Crippen molar-refractivity contribution >= 4 is 11.5 Å². The maximum absolute atomic E-state index is 13.0. The highest BCUT2D eigenvalue weighted by Crippen LogP contribution is 2.18. The van der Waals surface area contributed by atoms with Crippen molar-refractivity contribution in [2.24, 2.45) is 0 Å². The Labute approximate surface area is 139 Å². The summed E-state index contributed by atoms with van der Waals surface area (Å²) in [5, 5.41) is 10.7. The number of rotatable bonds is 4. The Balaban J connectivity index is 1.60. The topological polar surface area (TPSA) is 62.5 Å². The van der Waals surface area contributed by atoms with Crippen LogP contribution in [0.4, 0.5) is 15.9 Å². The van der Waals surface area contributed by atoms with Gasteiger partial charge in [-0.15, -0.1) is 0 Å². The van der Waals surface area contributed by atoms with E-state index in [1.54, 1.807) is 6.07 Å². The summed E-state index contributed by atoms with van der Waals surface area (Å²) in [6.45, 7) is 4.30. The van der Waals surface area contributed by atoms with Crippen molar-refractivity contribution in [3.05, 3.63) is 64.1 Å². The van der Waals surface area contributed by atoms with Gasteiger partial charge in [-0.05, 0) is 30.2 Å². The van der Waals surface area contributed by atoms with Gasteiger partial charge in [-0.1, -0.05) is 12.1 Å². The van der Waals surface area contributed by atoms with Crippen LogP contribution in [0.25, 0.3) is 0 Å². The fourth-order valence-electron chi connectivity index (χ4n) is 2.88. The van der Waals surface area contributed by atoms with Crippen LogP contribution in [-0.2, 0) is 6.54 Å². The van der Waals surface area contributed by atoms with Gasteiger partial charge in [-0.3, -0.25) is 15.0 Å². The quantitative estimate of drug-likeness (QED) is 0.637. The minimum absolute atomic E-state index is 0.00603. The van der Waals surface area contributed by atoms with Gasteiger partial charge in [0.05, 0.1) is 4.92 Å². The van der Waals surface area contributed by atoms with Gasteiger partial charge in [-0.25, -0.2) is 9.37 Å². The van der Waals surface area contributed by atoms with Crippen LogP contribution in [-0.4, -0.2) is 41.0 Å². The molecular formula is C17H19FN4O2. The molecule has 1 aromatic heterocycles. The first kappa shape index (κ1) is 16.3. The highest BCUT2D eigenvalue weighted by molar-refractivity contribution is 5.43. The minimum atomic E-state index is -0.441. The van der Waals surface area contributed by atoms with Gasteiger partial charge in [-0.2, -0.15) is 0 Å². The summed E-state index contributed by atoms with van der Waals surface area (Å²) >= 11 is 0. The zero-order valence-electron chi connectivity index (χ0n) is 13.3. The van der Waals surface area contributed by atoms with Gasteiger partial charge in [0, 0.05) is 38.8 Å². The molecule has 0 amide bonds. The summed E-state index contributed by atoms with van der Waals surface area (Å²) in [6.07, 6.45) is 2.29. The van der Waals surface area contributed by atoms with E-state index in [-0.39, 0.29) is 11.5 Å². The van der Waals surface area contributed by atoms with Gasteiger partial charge < -0.3 is 4.90 Å². The van der Waals surface area contributed by atoms with Crippen LogP contribution in [0.15, 0.2) is 42.6 Å². The molecule has 0 unspecified atom stereocenters. The van der Waals surface area contributed by atoms with Crippen molar-refractivity contribution in [3.8, 4) is 0 Å². The second kappa shape index (κ2) is 7.35. The summed E-state index contributed by atoms with van der Waals surface area (Å²) in [4.78, 5) is 18.9. The molecule has 0 bridgehead atoms. The van der Waals surface area contributed by atoms with E-state index in [0.717, 1.165) is 50.5 Å². The molecule has 1 aliphatic heterocycles. The smallest absolute Gasteiger partial charge is 0.287 e. The lowest BCUT2D eigenvalue weighted by Crippen LogP contribution is -2.30. The Bertz CT molecular complexity index is 691. The van der Waals surface area contributed by atoms with Crippen molar-refractivity contribution in [1.29, 1.82) is 0 Å². The van der Waals surface area contributed by atoms with Gasteiger partial charge in [0.1, 0.15) is 17.8 Å². The molecule has 0 spiro atoms. The van der Waals surface area contributed by atoms with E-state index in [1.165, 1.54) is 24.4 Å². The molecule has 6 nitrogen and oxygen atoms in total. The van der Waals surface area contributed by atoms with Crippen LogP contribution in [0.1, 0.15) is 12.0 Å². The predicted octanol–water partition coefficient (Wildman–Crippen LogP) is 2.84. The lowest BCUT2D eigenvalue weighted by molar-refractivity contribution is -0.385. The van der Waals surface area contributed by atoms with E-state index in [9.17, 15) is 14.5 Å². The van der Waals surface area contributed by atoms with Crippen molar-refractivity contribution < 1.29 is 9.31 Å². The lowest BCUT2D eigenvalue weighted by Gasteiger charge is -2.22. The van der Waals surface area contributed by atoms with E-state index < -0.39 is 4.92 Å². The second-order valence-electron chi connectivity index (χ2n) is 5.87. The summed E-state index contributed by atoms with van der Waals surface area (Å²) in [6, 6.07) is 9.80. The fraction of sp³-hybridized carbons (Fsp3) is 0.353. The normalized spacial score (nSPS) is 16.0. The number of pyridine rings is 1. The van der Waals surface area contributed by atoms with Crippen molar-refractivity contribution in [2.75, 3.05) is 31.1 Å². The third-order valence-electron chi connectivity index (χ3n) is 4.18. The Morgan fingerprint density at radius 1 is 1.08 bits per heavy atom. The SMILES string of the molecule is O=[N+]([O-])c1ccc(N2CCCN(Cc3ccc(F)cc3)CC2)nc1. The number of hydrogen-bond acceptors (Lipinski definition) is 5. The predicted molar refractivity (Wildman–Crippen MR) is 89.4 cm³/mol. The third kappa shape index (κ3) is 4.05. The maximum Gasteiger partial charge on any atom is 0.287 e. The number of anilines is 1. The molecule has 2 aromatic rings. The molecule has 1 fully saturated rings. The molecule has 0 atom stereocenters. The van der Waals surface area contributed by atoms with Crippen molar-refractivity contribution in [3.63, 3.8) is 0 Å². The molecular weight excluding hydrogens is 311 g/mol. The van der Waals surface area contributed by atoms with Crippen LogP contribution in [0.5, 0.6) is 0 Å². The number of nitrogens with zero attached hydrogens (tertiary/aromatic N) is 4. The number of hydrogen-bond donors (Lipinski definition) is 0. The Morgan fingerprint density at radius 3 is 2.54 bits per heavy atom. The zero-order valence-corrected chi connectivity index (χ0v) is 13.3. The molecule has 1 saturated heterocycles. The highest BCUT2D eigenvalue weighted by Gasteiger charge is 2.17. The molecule has 1 aromatic carbocycles. The van der Waals surface area contributed by atoms with Crippen LogP contribution in [0.3, 0.4) is 0 Å². The number of halogens is 1. The van der Waals surface area contributed by atoms with Crippen molar-refractivity contribution in [2.45, 2.75) is 13.0 Å². The van der Waals surface area contributed by atoms with E-state index in [4.69, 9.17) is 0 Å². The first-order valence-corrected chi connectivity index (χ1v) is 7.94. The summed E-state index contributed by atoms with van der Waals surface area (Å²) in [5.74, 6) is 0.550. The second-order valence-corrected chi connectivity index (χ2v) is 5.87. The summed E-state index contributed by atoms with van der Waals surface area (Å²) in [5.41, 5.74) is 1.10. The Hall–Kier alpha value is -2.54. The lowest BCUT2D eigenvalue weighted by atomic mass is 10.2. The minimum Gasteiger partial charge on any atom is -0.355 e. The summed E-state index contributed by atoms with van der Waals surface area (Å²) < 4.78 is 13.0. The first-order chi connectivity index (χ1) is 11.6. The Kier molecular flexibility index (Phi) is 5.00. The van der Waals surface area contributed by atoms with Crippen molar-refractivity contribution in [1.82, 2.24) is 9.88 Å². The monoisotopic (exact) mass is 330 g/mol. The van der Waals surface area contributed by atoms with Gasteiger partial charge in [0.15, 0.2) is 0 Å². The molecule has 0 radical (unpaired) electrons. The van der Waals surface area contributed by atoms with Crippen LogP contribution in [0.2, 0.25) is 0 Å². The van der Waals surface area contributed by atoms with Gasteiger partial charge >= 0.3 is 0 Å². The molecule has 0 saturated carbocycles. The molecule has 7 heteroatoms. The molecule has 24 heavy (non-hydrogen) atoms. The largest absolute Gasteiger partial charge is 0.355 e. The molecule has 3 rings (SSSR count). The van der Waals surface area contributed by atoms with Crippen LogP contribution in [0, 0.1) is 15.9 Å². The summed E-state index contributed by atoms with van der Waals surface area (Å²) in [7, 11) is 0. The molecule has 0 aliphatic carbocycles. The maximum atomic E-state index is 13.0. The van der Waals surface area contributed by atoms with E-state index >= 15 is 0 Å². The van der Waals surface area contributed by atoms with Gasteiger partial charge in [0.25, 0.3) is 5.69 Å². The average Bonchev–Trinajstić information content (AvgIpc) is 2.83. The highest BCUT2D eigenvalue weighted by atomic mass is 19.1. The molecule has 0 N–H and O–H groups in total. The number of aromatic nitrogens is 1.